The van der Waals surface area contributed by atoms with Crippen LogP contribution in [0.4, 0.5) is 0 Å². The molecule has 1 N–H and O–H groups in total. The van der Waals surface area contributed by atoms with E-state index >= 15 is 0 Å². The van der Waals surface area contributed by atoms with Crippen LogP contribution in [0.25, 0.3) is 0 Å². The molecule has 0 amide bonds. The number of carboxylic acids is 1. The molecule has 0 radical (unpaired) electrons. The molecular formula is C12H23NO4. The number of hydrogen-bond donors (Lipinski definition) is 1. The second kappa shape index (κ2) is 7.63. The summed E-state index contributed by atoms with van der Waals surface area (Å²) in [5.74, 6) is -0.824. The van der Waals surface area contributed by atoms with Crippen LogP contribution in [-0.4, -0.2) is 61.0 Å². The molecule has 1 fully saturated rings. The minimum absolute atomic E-state index is 0.0562. The monoisotopic (exact) mass is 245 g/mol. The number of aliphatic carboxylic acids is 1. The maximum Gasteiger partial charge on any atom is 0.305 e. The van der Waals surface area contributed by atoms with E-state index in [1.807, 2.05) is 0 Å². The van der Waals surface area contributed by atoms with Crippen molar-refractivity contribution in [2.45, 2.75) is 38.8 Å². The first kappa shape index (κ1) is 14.4. The molecule has 1 unspecified atom stereocenters. The third-order valence-electron chi connectivity index (χ3n) is 2.88. The largest absolute Gasteiger partial charge is 0.481 e. The first-order valence-electron chi connectivity index (χ1n) is 6.24. The standard InChI is InChI=1S/C12H23NO4/c1-10(2)13-5-3-6-17-11(8-13)9-16-7-4-12(14)15/h10-11H,3-9H2,1-2H3,(H,14,15). The summed E-state index contributed by atoms with van der Waals surface area (Å²) in [6.07, 6.45) is 1.17. The van der Waals surface area contributed by atoms with Crippen molar-refractivity contribution in [1.82, 2.24) is 4.90 Å². The minimum Gasteiger partial charge on any atom is -0.481 e. The Bertz CT molecular complexity index is 233. The fraction of sp³-hybridized carbons (Fsp3) is 0.917. The molecule has 1 aliphatic heterocycles. The molecule has 1 heterocycles. The molecule has 5 nitrogen and oxygen atoms in total. The fourth-order valence-corrected chi connectivity index (χ4v) is 1.87. The number of nitrogens with zero attached hydrogens (tertiary/aromatic N) is 1. The van der Waals surface area contributed by atoms with Gasteiger partial charge < -0.3 is 14.6 Å². The highest BCUT2D eigenvalue weighted by molar-refractivity contribution is 5.66. The lowest BCUT2D eigenvalue weighted by Crippen LogP contribution is -2.38. The van der Waals surface area contributed by atoms with Gasteiger partial charge in [0.1, 0.15) is 0 Å². The highest BCUT2D eigenvalue weighted by atomic mass is 16.5. The molecule has 5 heteroatoms. The van der Waals surface area contributed by atoms with Gasteiger partial charge in [0.2, 0.25) is 0 Å². The van der Waals surface area contributed by atoms with Crippen molar-refractivity contribution in [3.8, 4) is 0 Å². The summed E-state index contributed by atoms with van der Waals surface area (Å²) in [5, 5.41) is 8.49. The van der Waals surface area contributed by atoms with Crippen LogP contribution < -0.4 is 0 Å². The Morgan fingerprint density at radius 3 is 3.00 bits per heavy atom. The summed E-state index contributed by atoms with van der Waals surface area (Å²) in [4.78, 5) is 12.7. The van der Waals surface area contributed by atoms with Gasteiger partial charge in [-0.25, -0.2) is 0 Å². The maximum atomic E-state index is 10.3. The van der Waals surface area contributed by atoms with Crippen LogP contribution in [0, 0.1) is 0 Å². The third-order valence-corrected chi connectivity index (χ3v) is 2.88. The van der Waals surface area contributed by atoms with Crippen molar-refractivity contribution >= 4 is 5.97 Å². The van der Waals surface area contributed by atoms with Crippen molar-refractivity contribution in [3.63, 3.8) is 0 Å². The van der Waals surface area contributed by atoms with E-state index in [1.54, 1.807) is 0 Å². The lowest BCUT2D eigenvalue weighted by Gasteiger charge is -2.27. The summed E-state index contributed by atoms with van der Waals surface area (Å²) in [5.41, 5.74) is 0. The Balaban J connectivity index is 2.24. The molecule has 17 heavy (non-hydrogen) atoms. The molecule has 0 aromatic heterocycles. The molecule has 100 valence electrons. The van der Waals surface area contributed by atoms with Crippen molar-refractivity contribution in [3.05, 3.63) is 0 Å². The zero-order chi connectivity index (χ0) is 12.7. The van der Waals surface area contributed by atoms with Crippen molar-refractivity contribution in [1.29, 1.82) is 0 Å². The number of carboxylic acid groups (broad SMARTS) is 1. The average molecular weight is 245 g/mol. The Kier molecular flexibility index (Phi) is 6.47. The summed E-state index contributed by atoms with van der Waals surface area (Å²) in [6, 6.07) is 0.512. The second-order valence-electron chi connectivity index (χ2n) is 4.65. The Hall–Kier alpha value is -0.650. The Morgan fingerprint density at radius 2 is 2.35 bits per heavy atom. The van der Waals surface area contributed by atoms with Crippen molar-refractivity contribution in [2.75, 3.05) is 32.9 Å². The first-order chi connectivity index (χ1) is 8.09. The predicted molar refractivity (Wildman–Crippen MR) is 64.1 cm³/mol. The molecule has 0 aliphatic carbocycles. The zero-order valence-electron chi connectivity index (χ0n) is 10.7. The van der Waals surface area contributed by atoms with Crippen LogP contribution in [-0.2, 0) is 14.3 Å². The van der Waals surface area contributed by atoms with Gasteiger partial charge in [0.15, 0.2) is 0 Å². The molecule has 0 saturated carbocycles. The number of hydrogen-bond acceptors (Lipinski definition) is 4. The predicted octanol–water partition coefficient (Wildman–Crippen LogP) is 0.977. The van der Waals surface area contributed by atoms with Crippen LogP contribution in [0.15, 0.2) is 0 Å². The van der Waals surface area contributed by atoms with E-state index in [0.717, 1.165) is 26.1 Å². The molecule has 1 atom stereocenters. The second-order valence-corrected chi connectivity index (χ2v) is 4.65. The van der Waals surface area contributed by atoms with E-state index in [-0.39, 0.29) is 19.1 Å². The van der Waals surface area contributed by atoms with Crippen molar-refractivity contribution in [2.24, 2.45) is 0 Å². The molecule has 0 aromatic carbocycles. The summed E-state index contributed by atoms with van der Waals surface area (Å²) >= 11 is 0. The third kappa shape index (κ3) is 6.00. The molecule has 1 saturated heterocycles. The van der Waals surface area contributed by atoms with Crippen LogP contribution in [0.5, 0.6) is 0 Å². The van der Waals surface area contributed by atoms with E-state index in [1.165, 1.54) is 0 Å². The van der Waals surface area contributed by atoms with Gasteiger partial charge >= 0.3 is 5.97 Å². The van der Waals surface area contributed by atoms with E-state index in [4.69, 9.17) is 14.6 Å². The van der Waals surface area contributed by atoms with Gasteiger partial charge in [-0.05, 0) is 20.3 Å². The molecular weight excluding hydrogens is 222 g/mol. The maximum absolute atomic E-state index is 10.3. The van der Waals surface area contributed by atoms with Gasteiger partial charge in [0.25, 0.3) is 0 Å². The van der Waals surface area contributed by atoms with Gasteiger partial charge in [-0.15, -0.1) is 0 Å². The molecule has 0 spiro atoms. The van der Waals surface area contributed by atoms with Gasteiger partial charge in [0.05, 0.1) is 25.7 Å². The van der Waals surface area contributed by atoms with E-state index in [0.29, 0.717) is 12.6 Å². The van der Waals surface area contributed by atoms with E-state index in [2.05, 4.69) is 18.7 Å². The first-order valence-corrected chi connectivity index (χ1v) is 6.24. The highest BCUT2D eigenvalue weighted by Crippen LogP contribution is 2.09. The Morgan fingerprint density at radius 1 is 1.59 bits per heavy atom. The summed E-state index contributed by atoms with van der Waals surface area (Å²) in [6.45, 7) is 7.78. The highest BCUT2D eigenvalue weighted by Gasteiger charge is 2.20. The van der Waals surface area contributed by atoms with Gasteiger partial charge in [0, 0.05) is 25.7 Å². The number of ether oxygens (including phenoxy) is 2. The number of carbonyl (C=O) groups is 1. The van der Waals surface area contributed by atoms with Crippen molar-refractivity contribution < 1.29 is 19.4 Å². The molecule has 0 aromatic rings. The van der Waals surface area contributed by atoms with E-state index in [9.17, 15) is 4.79 Å². The zero-order valence-corrected chi connectivity index (χ0v) is 10.7. The van der Waals surface area contributed by atoms with Crippen LogP contribution >= 0.6 is 0 Å². The van der Waals surface area contributed by atoms with E-state index < -0.39 is 5.97 Å². The van der Waals surface area contributed by atoms with Gasteiger partial charge in [-0.2, -0.15) is 0 Å². The Labute approximate surface area is 103 Å². The number of rotatable bonds is 6. The van der Waals surface area contributed by atoms with Crippen LogP contribution in [0.3, 0.4) is 0 Å². The summed E-state index contributed by atoms with van der Waals surface area (Å²) < 4.78 is 11.0. The molecule has 1 aliphatic rings. The van der Waals surface area contributed by atoms with Gasteiger partial charge in [-0.1, -0.05) is 0 Å². The van der Waals surface area contributed by atoms with Crippen LogP contribution in [0.1, 0.15) is 26.7 Å². The lowest BCUT2D eigenvalue weighted by atomic mass is 10.2. The van der Waals surface area contributed by atoms with Gasteiger partial charge in [-0.3, -0.25) is 9.69 Å². The molecule has 0 bridgehead atoms. The smallest absolute Gasteiger partial charge is 0.305 e. The fourth-order valence-electron chi connectivity index (χ4n) is 1.87. The molecule has 1 rings (SSSR count). The minimum atomic E-state index is -0.824. The summed E-state index contributed by atoms with van der Waals surface area (Å²) in [7, 11) is 0. The quantitative estimate of drug-likeness (QED) is 0.707. The normalized spacial score (nSPS) is 22.6. The van der Waals surface area contributed by atoms with Crippen LogP contribution in [0.2, 0.25) is 0 Å². The topological polar surface area (TPSA) is 59.0 Å². The average Bonchev–Trinajstić information content (AvgIpc) is 2.49. The SMILES string of the molecule is CC(C)N1CCCOC(COCCC(=O)O)C1. The lowest BCUT2D eigenvalue weighted by molar-refractivity contribution is -0.138.